The lowest BCUT2D eigenvalue weighted by molar-refractivity contribution is -0.134. The van der Waals surface area contributed by atoms with Gasteiger partial charge in [-0.3, -0.25) is 4.79 Å². The minimum atomic E-state index is -0.833. The number of aromatic nitrogens is 1. The Hall–Kier alpha value is -2.40. The van der Waals surface area contributed by atoms with Gasteiger partial charge in [0, 0.05) is 29.8 Å². The molecule has 2 aromatic heterocycles. The quantitative estimate of drug-likeness (QED) is 0.388. The lowest BCUT2D eigenvalue weighted by Crippen LogP contribution is -1.98. The van der Waals surface area contributed by atoms with Crippen molar-refractivity contribution in [2.75, 3.05) is 0 Å². The Labute approximate surface area is 158 Å². The van der Waals surface area contributed by atoms with E-state index in [2.05, 4.69) is 59.5 Å². The minimum absolute atomic E-state index is 0.766. The number of carboxylic acids is 1. The van der Waals surface area contributed by atoms with Crippen LogP contribution in [0.25, 0.3) is 15.9 Å². The Balaban J connectivity index is 0.000000552. The lowest BCUT2D eigenvalue weighted by Gasteiger charge is -2.02. The molecule has 0 amide bonds. The normalized spacial score (nSPS) is 10.4. The van der Waals surface area contributed by atoms with E-state index in [9.17, 15) is 0 Å². The van der Waals surface area contributed by atoms with Crippen LogP contribution in [0.1, 0.15) is 51.5 Å². The Kier molecular flexibility index (Phi) is 7.60. The number of unbranched alkanes of at least 4 members (excludes halogenated alkanes) is 3. The van der Waals surface area contributed by atoms with Gasteiger partial charge in [-0.15, -0.1) is 11.3 Å². The molecule has 0 unspecified atom stereocenters. The molecule has 0 bridgehead atoms. The minimum Gasteiger partial charge on any atom is -0.481 e. The zero-order chi connectivity index (χ0) is 18.9. The van der Waals surface area contributed by atoms with Gasteiger partial charge in [-0.1, -0.05) is 44.4 Å². The smallest absolute Gasteiger partial charge is 0.300 e. The highest BCUT2D eigenvalue weighted by Gasteiger charge is 2.13. The van der Waals surface area contributed by atoms with Crippen LogP contribution in [0.15, 0.2) is 48.0 Å². The van der Waals surface area contributed by atoms with E-state index < -0.39 is 5.97 Å². The second-order valence-corrected chi connectivity index (χ2v) is 7.12. The highest BCUT2D eigenvalue weighted by Crippen LogP contribution is 2.28. The van der Waals surface area contributed by atoms with Crippen LogP contribution in [0.5, 0.6) is 0 Å². The summed E-state index contributed by atoms with van der Waals surface area (Å²) in [4.78, 5) is 9.00. The molecule has 0 saturated carbocycles. The molecule has 3 rings (SSSR count). The zero-order valence-corrected chi connectivity index (χ0v) is 16.2. The van der Waals surface area contributed by atoms with Crippen molar-refractivity contribution in [1.82, 2.24) is 4.57 Å². The van der Waals surface area contributed by atoms with Gasteiger partial charge in [-0.05, 0) is 36.4 Å². The number of carboxylic acid groups (broad SMARTS) is 1. The summed E-state index contributed by atoms with van der Waals surface area (Å²) in [6.45, 7) is 3.31. The summed E-state index contributed by atoms with van der Waals surface area (Å²) in [5.74, 6) is -0.833. The molecule has 0 radical (unpaired) electrons. The van der Waals surface area contributed by atoms with E-state index in [1.54, 1.807) is 11.3 Å². The maximum atomic E-state index is 9.00. The van der Waals surface area contributed by atoms with Crippen LogP contribution in [-0.2, 0) is 4.79 Å². The van der Waals surface area contributed by atoms with Crippen molar-refractivity contribution in [2.24, 2.45) is 0 Å². The molecule has 3 aromatic rings. The molecule has 138 valence electrons. The summed E-state index contributed by atoms with van der Waals surface area (Å²) in [5, 5.41) is 20.4. The van der Waals surface area contributed by atoms with Gasteiger partial charge in [-0.25, -0.2) is 0 Å². The van der Waals surface area contributed by atoms with Gasteiger partial charge in [0.1, 0.15) is 0 Å². The van der Waals surface area contributed by atoms with Gasteiger partial charge in [-0.2, -0.15) is 0 Å². The molecule has 0 saturated heterocycles. The van der Waals surface area contributed by atoms with Crippen molar-refractivity contribution in [3.8, 4) is 5.00 Å². The number of thiophene rings is 1. The second kappa shape index (κ2) is 9.92. The van der Waals surface area contributed by atoms with Crippen molar-refractivity contribution in [3.63, 3.8) is 0 Å². The SMILES string of the molecule is CC(=O)O.CCCCCCC(=N)c1cn(-c2cccs2)c2ccccc12. The number of aliphatic carboxylic acids is 1. The zero-order valence-electron chi connectivity index (χ0n) is 15.4. The molecule has 0 spiro atoms. The van der Waals surface area contributed by atoms with Crippen molar-refractivity contribution in [1.29, 1.82) is 5.41 Å². The summed E-state index contributed by atoms with van der Waals surface area (Å²) in [5.41, 5.74) is 3.04. The average molecular weight is 371 g/mol. The first-order chi connectivity index (χ1) is 12.5. The molecule has 5 heteroatoms. The number of hydrogen-bond acceptors (Lipinski definition) is 3. The van der Waals surface area contributed by atoms with E-state index in [1.165, 1.54) is 35.2 Å². The monoisotopic (exact) mass is 370 g/mol. The Morgan fingerprint density at radius 1 is 1.15 bits per heavy atom. The molecule has 2 N–H and O–H groups in total. The molecular weight excluding hydrogens is 344 g/mol. The van der Waals surface area contributed by atoms with Crippen molar-refractivity contribution < 1.29 is 9.90 Å². The number of para-hydroxylation sites is 1. The summed E-state index contributed by atoms with van der Waals surface area (Å²) in [6, 6.07) is 12.6. The molecule has 26 heavy (non-hydrogen) atoms. The maximum absolute atomic E-state index is 9.00. The van der Waals surface area contributed by atoms with Crippen LogP contribution in [0.4, 0.5) is 0 Å². The largest absolute Gasteiger partial charge is 0.481 e. The highest BCUT2D eigenvalue weighted by molar-refractivity contribution is 7.12. The van der Waals surface area contributed by atoms with Gasteiger partial charge in [0.25, 0.3) is 5.97 Å². The van der Waals surface area contributed by atoms with Crippen molar-refractivity contribution in [3.05, 3.63) is 53.5 Å². The molecule has 0 aliphatic rings. The first-order valence-electron chi connectivity index (χ1n) is 8.95. The third kappa shape index (κ3) is 5.30. The Morgan fingerprint density at radius 3 is 2.54 bits per heavy atom. The third-order valence-electron chi connectivity index (χ3n) is 4.06. The van der Waals surface area contributed by atoms with Gasteiger partial charge >= 0.3 is 0 Å². The first kappa shape index (κ1) is 19.9. The van der Waals surface area contributed by atoms with Crippen molar-refractivity contribution >= 4 is 33.9 Å². The van der Waals surface area contributed by atoms with Crippen LogP contribution in [0.2, 0.25) is 0 Å². The predicted molar refractivity (Wildman–Crippen MR) is 110 cm³/mol. The first-order valence-corrected chi connectivity index (χ1v) is 9.83. The third-order valence-corrected chi connectivity index (χ3v) is 4.93. The van der Waals surface area contributed by atoms with E-state index in [1.807, 2.05) is 0 Å². The molecule has 0 fully saturated rings. The van der Waals surface area contributed by atoms with Gasteiger partial charge < -0.3 is 15.1 Å². The Morgan fingerprint density at radius 2 is 1.88 bits per heavy atom. The number of benzene rings is 1. The molecular formula is C21H26N2O2S. The fourth-order valence-electron chi connectivity index (χ4n) is 2.87. The summed E-state index contributed by atoms with van der Waals surface area (Å²) < 4.78 is 2.22. The molecule has 1 aromatic carbocycles. The number of fused-ring (bicyclic) bond motifs is 1. The number of carbonyl (C=O) groups is 1. The topological polar surface area (TPSA) is 66.1 Å². The summed E-state index contributed by atoms with van der Waals surface area (Å²) in [7, 11) is 0. The highest BCUT2D eigenvalue weighted by atomic mass is 32.1. The van der Waals surface area contributed by atoms with E-state index in [0.29, 0.717) is 0 Å². The Bertz CT molecular complexity index is 846. The van der Waals surface area contributed by atoms with E-state index >= 15 is 0 Å². The van der Waals surface area contributed by atoms with Gasteiger partial charge in [0.2, 0.25) is 0 Å². The van der Waals surface area contributed by atoms with Crippen LogP contribution >= 0.6 is 11.3 Å². The van der Waals surface area contributed by atoms with Crippen LogP contribution in [0.3, 0.4) is 0 Å². The molecule has 2 heterocycles. The average Bonchev–Trinajstić information content (AvgIpc) is 3.25. The second-order valence-electron chi connectivity index (χ2n) is 6.19. The van der Waals surface area contributed by atoms with Gasteiger partial charge in [0.05, 0.1) is 10.5 Å². The lowest BCUT2D eigenvalue weighted by atomic mass is 10.0. The van der Waals surface area contributed by atoms with E-state index in [4.69, 9.17) is 15.3 Å². The summed E-state index contributed by atoms with van der Waals surface area (Å²) in [6.07, 6.45) is 7.86. The number of rotatable bonds is 7. The number of nitrogens with one attached hydrogen (secondary N) is 1. The van der Waals surface area contributed by atoms with E-state index in [0.717, 1.165) is 31.0 Å². The van der Waals surface area contributed by atoms with Crippen LogP contribution in [0, 0.1) is 5.41 Å². The van der Waals surface area contributed by atoms with Crippen LogP contribution in [-0.4, -0.2) is 21.4 Å². The molecule has 0 aliphatic carbocycles. The molecule has 0 aliphatic heterocycles. The maximum Gasteiger partial charge on any atom is 0.300 e. The fraction of sp³-hybridized carbons (Fsp3) is 0.333. The number of nitrogens with zero attached hydrogens (tertiary/aromatic N) is 1. The molecule has 0 atom stereocenters. The molecule has 4 nitrogen and oxygen atoms in total. The van der Waals surface area contributed by atoms with Gasteiger partial charge in [0.15, 0.2) is 0 Å². The fourth-order valence-corrected chi connectivity index (χ4v) is 3.59. The summed E-state index contributed by atoms with van der Waals surface area (Å²) >= 11 is 1.73. The van der Waals surface area contributed by atoms with Crippen LogP contribution < -0.4 is 0 Å². The van der Waals surface area contributed by atoms with Crippen molar-refractivity contribution in [2.45, 2.75) is 46.0 Å². The number of hydrogen-bond donors (Lipinski definition) is 2. The van der Waals surface area contributed by atoms with E-state index in [-0.39, 0.29) is 0 Å². The standard InChI is InChI=1S/C19H22N2S.C2H4O2/c1-2-3-4-5-10-17(20)16-14-21(19-12-8-13-22-19)18-11-7-6-9-15(16)18;1-2(3)4/h6-9,11-14,20H,2-5,10H2,1H3;1H3,(H,3,4). The predicted octanol–water partition coefficient (Wildman–Crippen LogP) is 6.12.